The Morgan fingerprint density at radius 1 is 0.921 bits per heavy atom. The van der Waals surface area contributed by atoms with Crippen molar-refractivity contribution in [1.29, 1.82) is 0 Å². The third-order valence-corrected chi connectivity index (χ3v) is 5.99. The van der Waals surface area contributed by atoms with E-state index in [0.29, 0.717) is 11.1 Å². The first-order chi connectivity index (χ1) is 18.1. The van der Waals surface area contributed by atoms with Crippen LogP contribution in [-0.2, 0) is 32.0 Å². The number of hydrogen-bond donors (Lipinski definition) is 8. The van der Waals surface area contributed by atoms with Crippen LogP contribution >= 0.6 is 0 Å². The lowest BCUT2D eigenvalue weighted by Gasteiger charge is -2.26. The number of carbonyl (C=O) groups excluding carboxylic acids is 3. The summed E-state index contributed by atoms with van der Waals surface area (Å²) >= 11 is 0. The highest BCUT2D eigenvalue weighted by atomic mass is 16.4. The lowest BCUT2D eigenvalue weighted by molar-refractivity contribution is -0.143. The number of aliphatic hydroxyl groups is 1. The molecule has 3 rings (SSSR count). The Balaban J connectivity index is 1.74. The van der Waals surface area contributed by atoms with Crippen LogP contribution < -0.4 is 21.7 Å². The molecule has 38 heavy (non-hydrogen) atoms. The topological polar surface area (TPSA) is 207 Å². The number of amides is 3. The van der Waals surface area contributed by atoms with Gasteiger partial charge in [-0.05, 0) is 36.2 Å². The number of carbonyl (C=O) groups is 4. The van der Waals surface area contributed by atoms with Gasteiger partial charge in [0.25, 0.3) is 0 Å². The van der Waals surface area contributed by atoms with Gasteiger partial charge in [0.05, 0.1) is 12.6 Å². The molecule has 0 bridgehead atoms. The van der Waals surface area contributed by atoms with Crippen LogP contribution in [0.5, 0.6) is 5.75 Å². The fourth-order valence-corrected chi connectivity index (χ4v) is 3.97. The molecule has 0 aliphatic carbocycles. The number of aliphatic hydroxyl groups excluding tert-OH is 1. The van der Waals surface area contributed by atoms with Crippen LogP contribution in [0.3, 0.4) is 0 Å². The Morgan fingerprint density at radius 2 is 1.61 bits per heavy atom. The number of phenols is 1. The van der Waals surface area contributed by atoms with Gasteiger partial charge < -0.3 is 42.0 Å². The second-order valence-corrected chi connectivity index (χ2v) is 8.88. The number of nitrogens with one attached hydrogen (secondary N) is 4. The zero-order valence-electron chi connectivity index (χ0n) is 20.7. The lowest BCUT2D eigenvalue weighted by Crippen LogP contribution is -2.59. The van der Waals surface area contributed by atoms with E-state index >= 15 is 0 Å². The molecular weight excluding hydrogens is 494 g/mol. The highest BCUT2D eigenvalue weighted by molar-refractivity contribution is 5.94. The maximum atomic E-state index is 13.1. The minimum Gasteiger partial charge on any atom is -0.508 e. The molecule has 12 nitrogen and oxygen atoms in total. The average molecular weight is 526 g/mol. The average Bonchev–Trinajstić information content (AvgIpc) is 3.29. The van der Waals surface area contributed by atoms with Crippen LogP contribution in [-0.4, -0.2) is 74.8 Å². The van der Waals surface area contributed by atoms with E-state index in [1.54, 1.807) is 18.3 Å². The molecule has 3 aromatic rings. The fourth-order valence-electron chi connectivity index (χ4n) is 3.97. The first kappa shape index (κ1) is 28.2. The highest BCUT2D eigenvalue weighted by Gasteiger charge is 2.32. The molecular formula is C26H31N5O7. The molecule has 1 heterocycles. The summed E-state index contributed by atoms with van der Waals surface area (Å²) in [5.74, 6) is -3.59. The van der Waals surface area contributed by atoms with Crippen molar-refractivity contribution in [2.24, 2.45) is 5.73 Å². The quantitative estimate of drug-likeness (QED) is 0.155. The number of carboxylic acids is 1. The normalized spacial score (nSPS) is 14.2. The molecule has 0 spiro atoms. The largest absolute Gasteiger partial charge is 0.508 e. The minimum absolute atomic E-state index is 0.00428. The summed E-state index contributed by atoms with van der Waals surface area (Å²) in [5, 5.41) is 37.5. The van der Waals surface area contributed by atoms with E-state index in [1.165, 1.54) is 19.1 Å². The molecule has 3 amide bonds. The van der Waals surface area contributed by atoms with Gasteiger partial charge in [-0.15, -0.1) is 0 Å². The van der Waals surface area contributed by atoms with Crippen molar-refractivity contribution in [1.82, 2.24) is 20.9 Å². The lowest BCUT2D eigenvalue weighted by atomic mass is 10.0. The van der Waals surface area contributed by atoms with Gasteiger partial charge in [0.15, 0.2) is 0 Å². The zero-order chi connectivity index (χ0) is 27.8. The van der Waals surface area contributed by atoms with E-state index in [0.717, 1.165) is 10.9 Å². The van der Waals surface area contributed by atoms with E-state index in [-0.39, 0.29) is 25.1 Å². The number of hydrogen-bond acceptors (Lipinski definition) is 7. The molecule has 0 aliphatic rings. The number of aromatic amines is 1. The predicted molar refractivity (Wildman–Crippen MR) is 138 cm³/mol. The van der Waals surface area contributed by atoms with Crippen LogP contribution in [0.25, 0.3) is 10.9 Å². The summed E-state index contributed by atoms with van der Waals surface area (Å²) < 4.78 is 0. The molecule has 4 unspecified atom stereocenters. The molecule has 4 atom stereocenters. The minimum atomic E-state index is -1.51. The van der Waals surface area contributed by atoms with Crippen LogP contribution in [0, 0.1) is 0 Å². The Kier molecular flexibility index (Phi) is 9.41. The first-order valence-electron chi connectivity index (χ1n) is 11.9. The SMILES string of the molecule is CC(O)C(NC(=O)C(Cc1ccc(O)cc1)NC(=O)CN)C(=O)NC(Cc1c[nH]c2ccccc12)C(=O)O. The van der Waals surface area contributed by atoms with Gasteiger partial charge >= 0.3 is 5.97 Å². The van der Waals surface area contributed by atoms with Crippen LogP contribution in [0.15, 0.2) is 54.7 Å². The second-order valence-electron chi connectivity index (χ2n) is 8.88. The monoisotopic (exact) mass is 525 g/mol. The Morgan fingerprint density at radius 3 is 2.24 bits per heavy atom. The molecule has 9 N–H and O–H groups in total. The summed E-state index contributed by atoms with van der Waals surface area (Å²) in [4.78, 5) is 53.0. The van der Waals surface area contributed by atoms with Crippen LogP contribution in [0.4, 0.5) is 0 Å². The van der Waals surface area contributed by atoms with Gasteiger partial charge in [0, 0.05) is 29.9 Å². The Labute approximate surface area is 218 Å². The van der Waals surface area contributed by atoms with E-state index in [4.69, 9.17) is 5.73 Å². The van der Waals surface area contributed by atoms with Crippen molar-refractivity contribution >= 4 is 34.6 Å². The van der Waals surface area contributed by atoms with E-state index in [9.17, 15) is 34.5 Å². The van der Waals surface area contributed by atoms with Crippen molar-refractivity contribution in [3.8, 4) is 5.75 Å². The molecule has 0 radical (unpaired) electrons. The number of phenolic OH excluding ortho intramolecular Hbond substituents is 1. The molecule has 2 aromatic carbocycles. The predicted octanol–water partition coefficient (Wildman–Crippen LogP) is -0.463. The van der Waals surface area contributed by atoms with Gasteiger partial charge in [-0.3, -0.25) is 14.4 Å². The number of benzene rings is 2. The van der Waals surface area contributed by atoms with Crippen molar-refractivity contribution < 1.29 is 34.5 Å². The summed E-state index contributed by atoms with van der Waals surface area (Å²) in [5.41, 5.74) is 7.45. The molecule has 0 saturated carbocycles. The maximum Gasteiger partial charge on any atom is 0.326 e. The van der Waals surface area contributed by atoms with Gasteiger partial charge in [-0.25, -0.2) is 4.79 Å². The Bertz CT molecular complexity index is 1290. The molecule has 0 saturated heterocycles. The number of fused-ring (bicyclic) bond motifs is 1. The molecule has 0 aliphatic heterocycles. The van der Waals surface area contributed by atoms with Gasteiger partial charge in [0.1, 0.15) is 23.9 Å². The van der Waals surface area contributed by atoms with Crippen LogP contribution in [0.1, 0.15) is 18.1 Å². The maximum absolute atomic E-state index is 13.1. The highest BCUT2D eigenvalue weighted by Crippen LogP contribution is 2.19. The number of aromatic hydroxyl groups is 1. The summed E-state index contributed by atoms with van der Waals surface area (Å²) in [6, 6.07) is 9.25. The number of aromatic nitrogens is 1. The third kappa shape index (κ3) is 7.31. The number of aliphatic carboxylic acids is 1. The number of para-hydroxylation sites is 1. The number of H-pyrrole nitrogens is 1. The summed E-state index contributed by atoms with van der Waals surface area (Å²) in [7, 11) is 0. The third-order valence-electron chi connectivity index (χ3n) is 5.99. The number of nitrogens with two attached hydrogens (primary N) is 1. The number of rotatable bonds is 12. The van der Waals surface area contributed by atoms with Crippen molar-refractivity contribution in [2.75, 3.05) is 6.54 Å². The first-order valence-corrected chi connectivity index (χ1v) is 11.9. The standard InChI is InChI=1S/C26H31N5O7/c1-14(32)23(31-24(35)20(29-22(34)12-27)10-15-6-8-17(33)9-7-15)25(36)30-21(26(37)38)11-16-13-28-19-5-3-2-4-18(16)19/h2-9,13-14,20-21,23,28,32-33H,10-12,27H2,1H3,(H,29,34)(H,30,36)(H,31,35)(H,37,38). The van der Waals surface area contributed by atoms with Crippen molar-refractivity contribution in [3.63, 3.8) is 0 Å². The van der Waals surface area contributed by atoms with E-state index in [2.05, 4.69) is 20.9 Å². The number of carboxylic acid groups (broad SMARTS) is 1. The zero-order valence-corrected chi connectivity index (χ0v) is 20.7. The van der Waals surface area contributed by atoms with Gasteiger partial charge in [0.2, 0.25) is 17.7 Å². The summed E-state index contributed by atoms with van der Waals surface area (Å²) in [6.45, 7) is 0.890. The second kappa shape index (κ2) is 12.7. The fraction of sp³-hybridized carbons (Fsp3) is 0.308. The van der Waals surface area contributed by atoms with Crippen molar-refractivity contribution in [2.45, 2.75) is 44.0 Å². The molecule has 0 fully saturated rings. The molecule has 12 heteroatoms. The van der Waals surface area contributed by atoms with Gasteiger partial charge in [-0.2, -0.15) is 0 Å². The van der Waals surface area contributed by atoms with E-state index < -0.39 is 47.9 Å². The van der Waals surface area contributed by atoms with Gasteiger partial charge in [-0.1, -0.05) is 30.3 Å². The summed E-state index contributed by atoms with van der Waals surface area (Å²) in [6.07, 6.45) is 0.238. The van der Waals surface area contributed by atoms with Crippen LogP contribution in [0.2, 0.25) is 0 Å². The van der Waals surface area contributed by atoms with E-state index in [1.807, 2.05) is 24.3 Å². The smallest absolute Gasteiger partial charge is 0.326 e. The molecule has 1 aromatic heterocycles. The molecule has 202 valence electrons. The Hall–Kier alpha value is -4.42. The van der Waals surface area contributed by atoms with Crippen molar-refractivity contribution in [3.05, 3.63) is 65.9 Å².